The second-order valence-corrected chi connectivity index (χ2v) is 4.42. The van der Waals surface area contributed by atoms with E-state index in [-0.39, 0.29) is 11.6 Å². The monoisotopic (exact) mass is 260 g/mol. The lowest BCUT2D eigenvalue weighted by Gasteiger charge is -2.27. The molecule has 7 heteroatoms. The smallest absolute Gasteiger partial charge is 0.322 e. The van der Waals surface area contributed by atoms with Crippen LogP contribution in [-0.2, 0) is 6.18 Å². The summed E-state index contributed by atoms with van der Waals surface area (Å²) in [6.07, 6.45) is -1.70. The van der Waals surface area contributed by atoms with Crippen LogP contribution in [0.15, 0.2) is 12.3 Å². The topological polar surface area (TPSA) is 63.8 Å². The highest BCUT2D eigenvalue weighted by Crippen LogP contribution is 2.29. The van der Waals surface area contributed by atoms with E-state index in [9.17, 15) is 13.2 Å². The summed E-state index contributed by atoms with van der Waals surface area (Å²) in [7, 11) is 0. The highest BCUT2D eigenvalue weighted by molar-refractivity contribution is 5.10. The molecule has 1 aliphatic heterocycles. The van der Waals surface area contributed by atoms with Gasteiger partial charge in [0.05, 0.1) is 11.7 Å². The lowest BCUT2D eigenvalue weighted by Crippen LogP contribution is -2.34. The van der Waals surface area contributed by atoms with E-state index in [1.807, 2.05) is 0 Å². The molecular formula is C11H15F3N4. The summed E-state index contributed by atoms with van der Waals surface area (Å²) >= 11 is 0. The van der Waals surface area contributed by atoms with Gasteiger partial charge in [-0.25, -0.2) is 9.97 Å². The van der Waals surface area contributed by atoms with Gasteiger partial charge in [-0.15, -0.1) is 0 Å². The molecule has 0 amide bonds. The Morgan fingerprint density at radius 2 is 2.00 bits per heavy atom. The molecule has 0 aromatic carbocycles. The van der Waals surface area contributed by atoms with Gasteiger partial charge >= 0.3 is 6.18 Å². The number of halogens is 3. The van der Waals surface area contributed by atoms with Crippen LogP contribution in [0.2, 0.25) is 0 Å². The minimum absolute atomic E-state index is 0.169. The minimum atomic E-state index is -4.52. The van der Waals surface area contributed by atoms with Gasteiger partial charge in [-0.1, -0.05) is 0 Å². The number of piperidine rings is 1. The molecule has 2 heterocycles. The molecule has 1 fully saturated rings. The van der Waals surface area contributed by atoms with Crippen LogP contribution in [-0.4, -0.2) is 23.1 Å². The highest BCUT2D eigenvalue weighted by atomic mass is 19.4. The summed E-state index contributed by atoms with van der Waals surface area (Å²) < 4.78 is 37.5. The molecule has 1 unspecified atom stereocenters. The van der Waals surface area contributed by atoms with Crippen LogP contribution in [0, 0.1) is 5.92 Å². The summed E-state index contributed by atoms with van der Waals surface area (Å²) in [6.45, 7) is 1.69. The first-order valence-electron chi connectivity index (χ1n) is 5.85. The largest absolute Gasteiger partial charge is 0.451 e. The number of hydrogen-bond donors (Lipinski definition) is 2. The van der Waals surface area contributed by atoms with Gasteiger partial charge in [0.1, 0.15) is 0 Å². The molecule has 0 aliphatic carbocycles. The van der Waals surface area contributed by atoms with Crippen LogP contribution in [0.25, 0.3) is 0 Å². The van der Waals surface area contributed by atoms with Gasteiger partial charge in [0.25, 0.3) is 0 Å². The maximum Gasteiger partial charge on any atom is 0.451 e. The van der Waals surface area contributed by atoms with Gasteiger partial charge in [0, 0.05) is 6.20 Å². The molecule has 100 valence electrons. The maximum absolute atomic E-state index is 12.5. The van der Waals surface area contributed by atoms with Crippen LogP contribution in [0.1, 0.15) is 30.4 Å². The summed E-state index contributed by atoms with van der Waals surface area (Å²) in [5.74, 6) is -0.952. The van der Waals surface area contributed by atoms with E-state index < -0.39 is 18.0 Å². The Hall–Kier alpha value is -1.21. The van der Waals surface area contributed by atoms with Crippen molar-refractivity contribution in [3.63, 3.8) is 0 Å². The zero-order valence-corrected chi connectivity index (χ0v) is 9.74. The van der Waals surface area contributed by atoms with Crippen molar-refractivity contribution in [2.45, 2.75) is 25.1 Å². The molecule has 18 heavy (non-hydrogen) atoms. The van der Waals surface area contributed by atoms with Crippen molar-refractivity contribution in [2.75, 3.05) is 13.1 Å². The molecule has 1 saturated heterocycles. The first-order valence-corrected chi connectivity index (χ1v) is 5.85. The minimum Gasteiger partial charge on any atom is -0.322 e. The fraction of sp³-hybridized carbons (Fsp3) is 0.636. The van der Waals surface area contributed by atoms with Crippen LogP contribution in [0.4, 0.5) is 13.2 Å². The molecule has 1 atom stereocenters. The molecule has 0 spiro atoms. The van der Waals surface area contributed by atoms with Crippen molar-refractivity contribution in [1.29, 1.82) is 0 Å². The number of alkyl halides is 3. The second-order valence-electron chi connectivity index (χ2n) is 4.42. The summed E-state index contributed by atoms with van der Waals surface area (Å²) in [4.78, 5) is 6.77. The van der Waals surface area contributed by atoms with Crippen molar-refractivity contribution < 1.29 is 13.2 Å². The zero-order chi connectivity index (χ0) is 13.2. The molecule has 1 aromatic heterocycles. The van der Waals surface area contributed by atoms with Crippen LogP contribution in [0.5, 0.6) is 0 Å². The number of nitrogens with one attached hydrogen (secondary N) is 1. The van der Waals surface area contributed by atoms with Gasteiger partial charge in [0.2, 0.25) is 5.82 Å². The van der Waals surface area contributed by atoms with Crippen molar-refractivity contribution in [3.05, 3.63) is 23.8 Å². The Kier molecular flexibility index (Phi) is 3.82. The fourth-order valence-electron chi connectivity index (χ4n) is 2.14. The first-order chi connectivity index (χ1) is 8.48. The van der Waals surface area contributed by atoms with E-state index in [0.29, 0.717) is 0 Å². The van der Waals surface area contributed by atoms with Crippen molar-refractivity contribution >= 4 is 0 Å². The predicted molar refractivity (Wildman–Crippen MR) is 59.6 cm³/mol. The molecule has 4 nitrogen and oxygen atoms in total. The SMILES string of the molecule is NC(c1ccnc(C(F)(F)F)n1)C1CCNCC1. The molecule has 2 rings (SSSR count). The van der Waals surface area contributed by atoms with E-state index >= 15 is 0 Å². The molecule has 0 saturated carbocycles. The van der Waals surface area contributed by atoms with Crippen molar-refractivity contribution in [1.82, 2.24) is 15.3 Å². The lowest BCUT2D eigenvalue weighted by molar-refractivity contribution is -0.145. The lowest BCUT2D eigenvalue weighted by atomic mass is 9.89. The Labute approximate surface area is 103 Å². The van der Waals surface area contributed by atoms with E-state index in [1.165, 1.54) is 6.07 Å². The van der Waals surface area contributed by atoms with Gasteiger partial charge in [-0.3, -0.25) is 0 Å². The second kappa shape index (κ2) is 5.19. The van der Waals surface area contributed by atoms with Gasteiger partial charge in [-0.05, 0) is 37.9 Å². The zero-order valence-electron chi connectivity index (χ0n) is 9.74. The quantitative estimate of drug-likeness (QED) is 0.845. The summed E-state index contributed by atoms with van der Waals surface area (Å²) in [5.41, 5.74) is 6.26. The number of nitrogens with two attached hydrogens (primary N) is 1. The Morgan fingerprint density at radius 1 is 1.33 bits per heavy atom. The Balaban J connectivity index is 2.17. The summed E-state index contributed by atoms with van der Waals surface area (Å²) in [6, 6.07) is 0.998. The van der Waals surface area contributed by atoms with Gasteiger partial charge < -0.3 is 11.1 Å². The van der Waals surface area contributed by atoms with Crippen LogP contribution >= 0.6 is 0 Å². The maximum atomic E-state index is 12.5. The standard InChI is InChI=1S/C11H15F3N4/c12-11(13,14)10-17-6-3-8(18-10)9(15)7-1-4-16-5-2-7/h3,6-7,9,16H,1-2,4-5,15H2. The van der Waals surface area contributed by atoms with Crippen molar-refractivity contribution in [2.24, 2.45) is 11.7 Å². The molecular weight excluding hydrogens is 245 g/mol. The number of nitrogens with zero attached hydrogens (tertiary/aromatic N) is 2. The Morgan fingerprint density at radius 3 is 2.61 bits per heavy atom. The number of aromatic nitrogens is 2. The summed E-state index contributed by atoms with van der Waals surface area (Å²) in [5, 5.41) is 3.19. The van der Waals surface area contributed by atoms with Crippen molar-refractivity contribution in [3.8, 4) is 0 Å². The number of hydrogen-bond acceptors (Lipinski definition) is 4. The van der Waals surface area contributed by atoms with E-state index in [0.717, 1.165) is 32.1 Å². The predicted octanol–water partition coefficient (Wildman–Crippen LogP) is 1.49. The van der Waals surface area contributed by atoms with E-state index in [2.05, 4.69) is 15.3 Å². The highest BCUT2D eigenvalue weighted by Gasteiger charge is 2.35. The van der Waals surface area contributed by atoms with E-state index in [4.69, 9.17) is 5.73 Å². The fourth-order valence-corrected chi connectivity index (χ4v) is 2.14. The normalized spacial score (nSPS) is 19.8. The first kappa shape index (κ1) is 13.2. The third-order valence-electron chi connectivity index (χ3n) is 3.16. The average Bonchev–Trinajstić information content (AvgIpc) is 2.38. The van der Waals surface area contributed by atoms with Gasteiger partial charge in [0.15, 0.2) is 0 Å². The van der Waals surface area contributed by atoms with E-state index in [1.54, 1.807) is 0 Å². The number of rotatable bonds is 2. The molecule has 0 radical (unpaired) electrons. The average molecular weight is 260 g/mol. The third kappa shape index (κ3) is 2.97. The van der Waals surface area contributed by atoms with Crippen LogP contribution in [0.3, 0.4) is 0 Å². The molecule has 1 aromatic rings. The third-order valence-corrected chi connectivity index (χ3v) is 3.16. The van der Waals surface area contributed by atoms with Crippen LogP contribution < -0.4 is 11.1 Å². The molecule has 3 N–H and O–H groups in total. The Bertz CT molecular complexity index is 402. The molecule has 1 aliphatic rings. The van der Waals surface area contributed by atoms with Gasteiger partial charge in [-0.2, -0.15) is 13.2 Å². The molecule has 0 bridgehead atoms.